The zero-order chi connectivity index (χ0) is 26.8. The summed E-state index contributed by atoms with van der Waals surface area (Å²) < 4.78 is 1.85. The quantitative estimate of drug-likeness (QED) is 0.220. The van der Waals surface area contributed by atoms with Crippen LogP contribution < -0.4 is 5.32 Å². The predicted molar refractivity (Wildman–Crippen MR) is 160 cm³/mol. The summed E-state index contributed by atoms with van der Waals surface area (Å²) in [6.07, 6.45) is 2.93. The van der Waals surface area contributed by atoms with E-state index in [1.54, 1.807) is 23.5 Å². The standard InChI is InChI=1S/C32H25ClN4OS/c1-2-25-14-16-30(39-25)29-18-27(26-17-23(33)13-15-28(26)35-29)32(38)34-19-22-20-37(24-11-7-4-8-12-24)36-31(22)21-9-5-3-6-10-21/h3-18,20H,2,19H2,1H3,(H,34,38). The summed E-state index contributed by atoms with van der Waals surface area (Å²) in [6, 6.07) is 31.5. The van der Waals surface area contributed by atoms with Crippen LogP contribution >= 0.6 is 22.9 Å². The summed E-state index contributed by atoms with van der Waals surface area (Å²) in [5.41, 5.74) is 5.74. The van der Waals surface area contributed by atoms with E-state index in [4.69, 9.17) is 21.7 Å². The highest BCUT2D eigenvalue weighted by Crippen LogP contribution is 2.32. The summed E-state index contributed by atoms with van der Waals surface area (Å²) in [5, 5.41) is 9.29. The molecule has 0 aliphatic carbocycles. The number of hydrogen-bond acceptors (Lipinski definition) is 4. The number of fused-ring (bicyclic) bond motifs is 1. The van der Waals surface area contributed by atoms with Crippen LogP contribution in [0.3, 0.4) is 0 Å². The van der Waals surface area contributed by atoms with Crippen LogP contribution in [0.5, 0.6) is 0 Å². The van der Waals surface area contributed by atoms with E-state index in [1.807, 2.05) is 83.7 Å². The van der Waals surface area contributed by atoms with Crippen molar-refractivity contribution in [1.29, 1.82) is 0 Å². The number of aryl methyl sites for hydroxylation is 1. The molecule has 1 amide bonds. The fourth-order valence-electron chi connectivity index (χ4n) is 4.58. The number of halogens is 1. The number of nitrogens with zero attached hydrogens (tertiary/aromatic N) is 3. The van der Waals surface area contributed by atoms with Gasteiger partial charge in [-0.3, -0.25) is 4.79 Å². The lowest BCUT2D eigenvalue weighted by Crippen LogP contribution is -2.23. The van der Waals surface area contributed by atoms with E-state index >= 15 is 0 Å². The van der Waals surface area contributed by atoms with E-state index in [2.05, 4.69) is 24.4 Å². The molecule has 3 aromatic heterocycles. The molecule has 0 atom stereocenters. The first-order chi connectivity index (χ1) is 19.1. The Morgan fingerprint density at radius 2 is 1.72 bits per heavy atom. The fraction of sp³-hybridized carbons (Fsp3) is 0.0938. The van der Waals surface area contributed by atoms with Gasteiger partial charge in [0.15, 0.2) is 0 Å². The highest BCUT2D eigenvalue weighted by molar-refractivity contribution is 7.15. The van der Waals surface area contributed by atoms with Gasteiger partial charge in [-0.05, 0) is 55.0 Å². The molecule has 7 heteroatoms. The number of benzene rings is 3. The summed E-state index contributed by atoms with van der Waals surface area (Å²) in [6.45, 7) is 2.45. The Kier molecular flexibility index (Phi) is 6.97. The van der Waals surface area contributed by atoms with Crippen LogP contribution in [0, 0.1) is 0 Å². The number of rotatable bonds is 7. The number of carbonyl (C=O) groups is 1. The van der Waals surface area contributed by atoms with Gasteiger partial charge in [0.05, 0.1) is 33.0 Å². The van der Waals surface area contributed by atoms with Gasteiger partial charge >= 0.3 is 0 Å². The molecule has 1 N–H and O–H groups in total. The molecule has 6 aromatic rings. The molecule has 0 aliphatic rings. The molecule has 0 spiro atoms. The molecule has 192 valence electrons. The summed E-state index contributed by atoms with van der Waals surface area (Å²) in [5.74, 6) is -0.190. The van der Waals surface area contributed by atoms with Crippen molar-refractivity contribution in [2.45, 2.75) is 19.9 Å². The van der Waals surface area contributed by atoms with E-state index < -0.39 is 0 Å². The maximum Gasteiger partial charge on any atom is 0.252 e. The Hall–Kier alpha value is -4.26. The average Bonchev–Trinajstić information content (AvgIpc) is 3.64. The lowest BCUT2D eigenvalue weighted by molar-refractivity contribution is 0.0952. The van der Waals surface area contributed by atoms with Gasteiger partial charge in [0.2, 0.25) is 0 Å². The molecule has 3 aromatic carbocycles. The fourth-order valence-corrected chi connectivity index (χ4v) is 5.66. The molecule has 0 saturated carbocycles. The van der Waals surface area contributed by atoms with Crippen molar-refractivity contribution in [1.82, 2.24) is 20.1 Å². The van der Waals surface area contributed by atoms with E-state index in [0.29, 0.717) is 17.1 Å². The van der Waals surface area contributed by atoms with Crippen molar-refractivity contribution in [3.63, 3.8) is 0 Å². The second-order valence-corrected chi connectivity index (χ2v) is 10.8. The zero-order valence-corrected chi connectivity index (χ0v) is 22.8. The molecule has 6 rings (SSSR count). The van der Waals surface area contributed by atoms with Gasteiger partial charge in [0.1, 0.15) is 0 Å². The van der Waals surface area contributed by atoms with Gasteiger partial charge in [-0.25, -0.2) is 9.67 Å². The van der Waals surface area contributed by atoms with E-state index in [0.717, 1.165) is 50.4 Å². The van der Waals surface area contributed by atoms with Gasteiger partial charge in [-0.15, -0.1) is 11.3 Å². The maximum atomic E-state index is 13.7. The Morgan fingerprint density at radius 3 is 2.46 bits per heavy atom. The third kappa shape index (κ3) is 5.21. The van der Waals surface area contributed by atoms with Crippen LogP contribution in [0.25, 0.3) is 38.4 Å². The van der Waals surface area contributed by atoms with E-state index in [9.17, 15) is 4.79 Å². The topological polar surface area (TPSA) is 59.8 Å². The van der Waals surface area contributed by atoms with E-state index in [-0.39, 0.29) is 5.91 Å². The predicted octanol–water partition coefficient (Wildman–Crippen LogP) is 7.96. The number of amides is 1. The lowest BCUT2D eigenvalue weighted by Gasteiger charge is -2.11. The highest BCUT2D eigenvalue weighted by atomic mass is 35.5. The minimum absolute atomic E-state index is 0.190. The monoisotopic (exact) mass is 548 g/mol. The number of carbonyl (C=O) groups excluding carboxylic acids is 1. The Labute approximate surface area is 235 Å². The van der Waals surface area contributed by atoms with Crippen molar-refractivity contribution < 1.29 is 4.79 Å². The smallest absolute Gasteiger partial charge is 0.252 e. The van der Waals surface area contributed by atoms with Crippen molar-refractivity contribution in [2.24, 2.45) is 0 Å². The van der Waals surface area contributed by atoms with E-state index in [1.165, 1.54) is 4.88 Å². The number of nitrogens with one attached hydrogen (secondary N) is 1. The lowest BCUT2D eigenvalue weighted by atomic mass is 10.1. The second kappa shape index (κ2) is 10.8. The number of thiophene rings is 1. The molecule has 5 nitrogen and oxygen atoms in total. The van der Waals surface area contributed by atoms with Crippen molar-refractivity contribution in [2.75, 3.05) is 0 Å². The summed E-state index contributed by atoms with van der Waals surface area (Å²) in [4.78, 5) is 20.9. The highest BCUT2D eigenvalue weighted by Gasteiger charge is 2.18. The van der Waals surface area contributed by atoms with Gasteiger partial charge in [-0.2, -0.15) is 5.10 Å². The first kappa shape index (κ1) is 25.0. The first-order valence-corrected chi connectivity index (χ1v) is 14.0. The van der Waals surface area contributed by atoms with Crippen LogP contribution in [0.2, 0.25) is 5.02 Å². The van der Waals surface area contributed by atoms with Crippen molar-refractivity contribution in [3.05, 3.63) is 124 Å². The van der Waals surface area contributed by atoms with Crippen LogP contribution in [-0.2, 0) is 13.0 Å². The molecule has 0 bridgehead atoms. The molecule has 0 fully saturated rings. The Balaban J connectivity index is 1.36. The largest absolute Gasteiger partial charge is 0.348 e. The molecular weight excluding hydrogens is 524 g/mol. The molecule has 0 radical (unpaired) electrons. The normalized spacial score (nSPS) is 11.1. The first-order valence-electron chi connectivity index (χ1n) is 12.8. The number of hydrogen-bond donors (Lipinski definition) is 1. The van der Waals surface area contributed by atoms with Gasteiger partial charge in [-0.1, -0.05) is 67.1 Å². The molecular formula is C32H25ClN4OS. The van der Waals surface area contributed by atoms with Crippen molar-refractivity contribution >= 4 is 39.7 Å². The van der Waals surface area contributed by atoms with Gasteiger partial charge in [0, 0.05) is 39.2 Å². The summed E-state index contributed by atoms with van der Waals surface area (Å²) in [7, 11) is 0. The Morgan fingerprint density at radius 1 is 0.949 bits per heavy atom. The maximum absolute atomic E-state index is 13.7. The van der Waals surface area contributed by atoms with Crippen molar-refractivity contribution in [3.8, 4) is 27.5 Å². The Bertz CT molecular complexity index is 1780. The van der Waals surface area contributed by atoms with Gasteiger partial charge < -0.3 is 5.32 Å². The van der Waals surface area contributed by atoms with Crippen LogP contribution in [0.1, 0.15) is 27.7 Å². The third-order valence-electron chi connectivity index (χ3n) is 6.58. The molecule has 0 unspecified atom stereocenters. The van der Waals surface area contributed by atoms with Crippen LogP contribution in [-0.4, -0.2) is 20.7 Å². The number of aromatic nitrogens is 3. The summed E-state index contributed by atoms with van der Waals surface area (Å²) >= 11 is 8.03. The molecule has 39 heavy (non-hydrogen) atoms. The molecule has 0 saturated heterocycles. The molecule has 3 heterocycles. The minimum atomic E-state index is -0.190. The molecule has 0 aliphatic heterocycles. The van der Waals surface area contributed by atoms with Gasteiger partial charge in [0.25, 0.3) is 5.91 Å². The second-order valence-electron chi connectivity index (χ2n) is 9.17. The number of pyridine rings is 1. The third-order valence-corrected chi connectivity index (χ3v) is 8.06. The zero-order valence-electron chi connectivity index (χ0n) is 21.3. The minimum Gasteiger partial charge on any atom is -0.348 e. The average molecular weight is 549 g/mol. The van der Waals surface area contributed by atoms with Crippen LogP contribution in [0.4, 0.5) is 0 Å². The van der Waals surface area contributed by atoms with Crippen LogP contribution in [0.15, 0.2) is 103 Å². The number of para-hydroxylation sites is 1. The SMILES string of the molecule is CCc1ccc(-c2cc(C(=O)NCc3cn(-c4ccccc4)nc3-c3ccccc3)c3cc(Cl)ccc3n2)s1.